The molecule has 0 heterocycles. The average Bonchev–Trinajstić information content (AvgIpc) is 2.21. The van der Waals surface area contributed by atoms with Gasteiger partial charge in [0.2, 0.25) is 0 Å². The van der Waals surface area contributed by atoms with Gasteiger partial charge in [-0.25, -0.2) is 0 Å². The molecule has 4 nitrogen and oxygen atoms in total. The molecule has 0 aliphatic heterocycles. The topological polar surface area (TPSA) is 74.6 Å². The van der Waals surface area contributed by atoms with Crippen LogP contribution in [-0.4, -0.2) is 48.4 Å². The monoisotopic (exact) mass is 362 g/mol. The Hall–Kier alpha value is -0.0210. The van der Waals surface area contributed by atoms with E-state index in [2.05, 4.69) is 0 Å². The Morgan fingerprint density at radius 1 is 0.938 bits per heavy atom. The van der Waals surface area contributed by atoms with Crippen molar-refractivity contribution in [3.05, 3.63) is 0 Å². The number of carbonyl (C=O) groups is 2. The Morgan fingerprint density at radius 2 is 1.25 bits per heavy atom. The number of hydrogen-bond donors (Lipinski definition) is 2. The van der Waals surface area contributed by atoms with E-state index >= 15 is 0 Å². The van der Waals surface area contributed by atoms with E-state index in [9.17, 15) is 9.59 Å². The first-order valence-electron chi connectivity index (χ1n) is 5.30. The Balaban J connectivity index is 4.14. The quantitative estimate of drug-likeness (QED) is 0.614. The second-order valence-electron chi connectivity index (χ2n) is 3.42. The molecule has 0 bridgehead atoms. The Bertz CT molecular complexity index is 209. The summed E-state index contributed by atoms with van der Waals surface area (Å²) in [6, 6.07) is 0. The molecule has 0 aromatic heterocycles. The van der Waals surface area contributed by atoms with E-state index in [0.29, 0.717) is 12.8 Å². The molecule has 0 saturated carbocycles. The number of hydrogen-bond acceptors (Lipinski definition) is 2. The molecule has 0 aromatic carbocycles. The fourth-order valence-corrected chi connectivity index (χ4v) is 10.2. The van der Waals surface area contributed by atoms with Gasteiger partial charge in [-0.3, -0.25) is 0 Å². The molecule has 2 N–H and O–H groups in total. The van der Waals surface area contributed by atoms with Crippen LogP contribution in [0.3, 0.4) is 0 Å². The summed E-state index contributed by atoms with van der Waals surface area (Å²) in [6.45, 7) is 3.92. The van der Waals surface area contributed by atoms with Gasteiger partial charge in [0.1, 0.15) is 0 Å². The van der Waals surface area contributed by atoms with Crippen molar-refractivity contribution in [3.8, 4) is 0 Å². The van der Waals surface area contributed by atoms with E-state index in [-0.39, 0.29) is 35.9 Å². The zero-order chi connectivity index (χ0) is 12.6. The van der Waals surface area contributed by atoms with Crippen LogP contribution < -0.4 is 0 Å². The van der Waals surface area contributed by atoms with Crippen LogP contribution in [0.25, 0.3) is 0 Å². The summed E-state index contributed by atoms with van der Waals surface area (Å²) in [6.07, 6.45) is 3.05. The number of rotatable bonds is 9. The summed E-state index contributed by atoms with van der Waals surface area (Å²) in [5.74, 6) is -1.52. The van der Waals surface area contributed by atoms with Crippen LogP contribution in [0.2, 0.25) is 9.63 Å². The van der Waals surface area contributed by atoms with Crippen molar-refractivity contribution in [1.29, 1.82) is 0 Å². The molecule has 0 rings (SSSR count). The van der Waals surface area contributed by atoms with Gasteiger partial charge in [0, 0.05) is 0 Å². The van der Waals surface area contributed by atoms with Gasteiger partial charge in [-0.05, 0) is 0 Å². The third kappa shape index (κ3) is 6.54. The number of carboxylic acid groups (broad SMARTS) is 2. The second-order valence-corrected chi connectivity index (χ2v) is 10.8. The molecule has 16 heavy (non-hydrogen) atoms. The van der Waals surface area contributed by atoms with Gasteiger partial charge in [-0.15, -0.1) is 0 Å². The van der Waals surface area contributed by atoms with E-state index in [1.54, 1.807) is 0 Å². The van der Waals surface area contributed by atoms with Crippen molar-refractivity contribution in [2.45, 2.75) is 49.2 Å². The summed E-state index contributed by atoms with van der Waals surface area (Å²) < 4.78 is 0. The summed E-state index contributed by atoms with van der Waals surface area (Å²) in [4.78, 5) is 21.2. The maximum absolute atomic E-state index is 10.9. The second kappa shape index (κ2) is 9.06. The maximum atomic E-state index is 10.9. The molecule has 0 radical (unpaired) electrons. The first kappa shape index (κ1) is 16.0. The van der Waals surface area contributed by atoms with Crippen molar-refractivity contribution in [2.24, 2.45) is 0 Å². The molecular weight excluding hydrogens is 342 g/mol. The van der Waals surface area contributed by atoms with Gasteiger partial charge in [-0.1, -0.05) is 0 Å². The number of aliphatic carboxylic acids is 2. The fraction of sp³-hybridized carbons (Fsp3) is 0.800. The molecule has 6 heteroatoms. The van der Waals surface area contributed by atoms with Gasteiger partial charge in [-0.2, -0.15) is 0 Å². The molecule has 0 fully saturated rings. The number of carboxylic acids is 2. The summed E-state index contributed by atoms with van der Waals surface area (Å²) in [7, 11) is 0. The van der Waals surface area contributed by atoms with E-state index < -0.39 is 11.9 Å². The van der Waals surface area contributed by atoms with Gasteiger partial charge < -0.3 is 0 Å². The third-order valence-corrected chi connectivity index (χ3v) is 11.3. The van der Waals surface area contributed by atoms with Crippen molar-refractivity contribution < 1.29 is 19.8 Å². The fourth-order valence-electron chi connectivity index (χ4n) is 1.08. The summed E-state index contributed by atoms with van der Waals surface area (Å²) in [5.41, 5.74) is 0. The van der Waals surface area contributed by atoms with Crippen molar-refractivity contribution in [2.75, 3.05) is 0 Å². The zero-order valence-electron chi connectivity index (χ0n) is 9.51. The molecule has 0 amide bonds. The first-order chi connectivity index (χ1) is 7.52. The van der Waals surface area contributed by atoms with E-state index in [0.717, 1.165) is 12.8 Å². The van der Waals surface area contributed by atoms with Crippen LogP contribution in [0.1, 0.15) is 39.5 Å². The molecule has 2 unspecified atom stereocenters. The molecule has 0 aliphatic rings. The molecule has 0 aromatic rings. The van der Waals surface area contributed by atoms with Gasteiger partial charge in [0.15, 0.2) is 0 Å². The molecule has 0 aliphatic carbocycles. The molecule has 94 valence electrons. The van der Waals surface area contributed by atoms with E-state index in [4.69, 9.17) is 10.2 Å². The van der Waals surface area contributed by atoms with Gasteiger partial charge in [0.05, 0.1) is 0 Å². The van der Waals surface area contributed by atoms with Crippen molar-refractivity contribution in [3.63, 3.8) is 0 Å². The Kier molecular flexibility index (Phi) is 9.04. The van der Waals surface area contributed by atoms with E-state index in [1.165, 1.54) is 0 Å². The third-order valence-electron chi connectivity index (χ3n) is 1.94. The minimum atomic E-state index is -0.760. The molecule has 0 saturated heterocycles. The van der Waals surface area contributed by atoms with Crippen LogP contribution in [0.5, 0.6) is 0 Å². The van der Waals surface area contributed by atoms with Crippen molar-refractivity contribution >= 4 is 38.2 Å². The molecule has 0 spiro atoms. The molecular formula is C10H18O4Se2. The predicted molar refractivity (Wildman–Crippen MR) is 64.1 cm³/mol. The Morgan fingerprint density at radius 3 is 1.44 bits per heavy atom. The Labute approximate surface area is 107 Å². The minimum absolute atomic E-state index is 0.0485. The van der Waals surface area contributed by atoms with E-state index in [1.807, 2.05) is 13.8 Å². The van der Waals surface area contributed by atoms with Crippen LogP contribution in [0.15, 0.2) is 0 Å². The normalized spacial score (nSPS) is 14.4. The molecule has 2 atom stereocenters. The average molecular weight is 360 g/mol. The SMILES string of the molecule is CCCC([Se][Se]C(CCC)C(=O)O)C(=O)O. The van der Waals surface area contributed by atoms with Crippen LogP contribution in [0, 0.1) is 0 Å². The first-order valence-corrected chi connectivity index (χ1v) is 11.6. The van der Waals surface area contributed by atoms with Crippen LogP contribution in [-0.2, 0) is 9.59 Å². The standard InChI is InChI=1S/C10H18O4Se2/c1-3-5-7(9(11)12)15-16-8(6-4-2)10(13)14/h7-8H,3-6H2,1-2H3,(H,11,12)(H,13,14). The van der Waals surface area contributed by atoms with Crippen molar-refractivity contribution in [1.82, 2.24) is 0 Å². The zero-order valence-corrected chi connectivity index (χ0v) is 12.9. The van der Waals surface area contributed by atoms with Gasteiger partial charge >= 0.3 is 107 Å². The van der Waals surface area contributed by atoms with Crippen LogP contribution >= 0.6 is 0 Å². The summed E-state index contributed by atoms with van der Waals surface area (Å²) >= 11 is -0.0971. The van der Waals surface area contributed by atoms with Crippen LogP contribution in [0.4, 0.5) is 0 Å². The van der Waals surface area contributed by atoms with Gasteiger partial charge in [0.25, 0.3) is 0 Å². The summed E-state index contributed by atoms with van der Waals surface area (Å²) in [5, 5.41) is 17.9. The predicted octanol–water partition coefficient (Wildman–Crippen LogP) is 1.66.